The lowest BCUT2D eigenvalue weighted by Crippen LogP contribution is -2.00. The van der Waals surface area contributed by atoms with E-state index in [1.807, 2.05) is 60.7 Å². The fourth-order valence-electron chi connectivity index (χ4n) is 4.24. The Labute approximate surface area is 208 Å². The fraction of sp³-hybridized carbons (Fsp3) is 0. The van der Waals surface area contributed by atoms with Gasteiger partial charge in [0.1, 0.15) is 0 Å². The Morgan fingerprint density at radius 3 is 1.80 bits per heavy atom. The molecule has 0 fully saturated rings. The fourth-order valence-corrected chi connectivity index (χ4v) is 4.44. The van der Waals surface area contributed by atoms with E-state index in [4.69, 9.17) is 26.6 Å². The molecule has 0 aliphatic carbocycles. The van der Waals surface area contributed by atoms with Gasteiger partial charge >= 0.3 is 0 Å². The minimum atomic E-state index is 0.590. The minimum Gasteiger partial charge on any atom is -0.208 e. The molecule has 6 aromatic rings. The van der Waals surface area contributed by atoms with Crippen molar-refractivity contribution in [1.82, 2.24) is 15.0 Å². The van der Waals surface area contributed by atoms with Gasteiger partial charge in [-0.25, -0.2) is 15.0 Å². The van der Waals surface area contributed by atoms with Gasteiger partial charge in [-0.2, -0.15) is 0 Å². The monoisotopic (exact) mass is 469 g/mol. The molecule has 5 aromatic carbocycles. The SMILES string of the molecule is Clc1cccc(-c2nc(-c3ccc(-c4ccccc4)cc3)nc(-c3cccc4ccccc34)n2)c1. The van der Waals surface area contributed by atoms with Crippen molar-refractivity contribution in [1.29, 1.82) is 0 Å². The predicted octanol–water partition coefficient (Wildman–Crippen LogP) is 8.35. The molecule has 4 heteroatoms. The molecule has 1 aromatic heterocycles. The Kier molecular flexibility index (Phi) is 5.53. The number of aromatic nitrogens is 3. The second kappa shape index (κ2) is 9.13. The summed E-state index contributed by atoms with van der Waals surface area (Å²) >= 11 is 6.29. The molecule has 0 saturated carbocycles. The van der Waals surface area contributed by atoms with Crippen LogP contribution >= 0.6 is 11.6 Å². The molecular weight excluding hydrogens is 450 g/mol. The molecule has 0 aliphatic heterocycles. The zero-order chi connectivity index (χ0) is 23.6. The van der Waals surface area contributed by atoms with Crippen molar-refractivity contribution in [3.63, 3.8) is 0 Å². The van der Waals surface area contributed by atoms with Gasteiger partial charge in [-0.05, 0) is 34.0 Å². The first-order valence-electron chi connectivity index (χ1n) is 11.4. The van der Waals surface area contributed by atoms with Crippen LogP contribution in [0.5, 0.6) is 0 Å². The summed E-state index contributed by atoms with van der Waals surface area (Å²) in [5.41, 5.74) is 5.06. The molecule has 6 rings (SSSR count). The van der Waals surface area contributed by atoms with E-state index in [2.05, 4.69) is 60.7 Å². The Balaban J connectivity index is 1.52. The normalized spacial score (nSPS) is 11.0. The molecule has 0 unspecified atom stereocenters. The lowest BCUT2D eigenvalue weighted by Gasteiger charge is -2.11. The van der Waals surface area contributed by atoms with Gasteiger partial charge in [0.15, 0.2) is 17.5 Å². The zero-order valence-corrected chi connectivity index (χ0v) is 19.5. The van der Waals surface area contributed by atoms with Crippen molar-refractivity contribution in [2.24, 2.45) is 0 Å². The van der Waals surface area contributed by atoms with Crippen LogP contribution in [0.3, 0.4) is 0 Å². The van der Waals surface area contributed by atoms with E-state index in [0.29, 0.717) is 22.5 Å². The van der Waals surface area contributed by atoms with Crippen LogP contribution in [0, 0.1) is 0 Å². The van der Waals surface area contributed by atoms with Gasteiger partial charge in [-0.15, -0.1) is 0 Å². The Bertz CT molecular complexity index is 1640. The van der Waals surface area contributed by atoms with Gasteiger partial charge in [0, 0.05) is 21.7 Å². The lowest BCUT2D eigenvalue weighted by molar-refractivity contribution is 1.08. The van der Waals surface area contributed by atoms with Crippen LogP contribution in [0.4, 0.5) is 0 Å². The minimum absolute atomic E-state index is 0.590. The highest BCUT2D eigenvalue weighted by molar-refractivity contribution is 6.30. The number of benzene rings is 5. The Hall–Kier alpha value is -4.34. The highest BCUT2D eigenvalue weighted by Crippen LogP contribution is 2.31. The number of nitrogens with zero attached hydrogens (tertiary/aromatic N) is 3. The number of rotatable bonds is 4. The Morgan fingerprint density at radius 1 is 0.429 bits per heavy atom. The van der Waals surface area contributed by atoms with Crippen LogP contribution in [0.25, 0.3) is 56.1 Å². The zero-order valence-electron chi connectivity index (χ0n) is 18.8. The van der Waals surface area contributed by atoms with Crippen LogP contribution in [0.1, 0.15) is 0 Å². The summed E-state index contributed by atoms with van der Waals surface area (Å²) in [4.78, 5) is 14.6. The standard InChI is InChI=1S/C31H20ClN3/c32-26-13-6-12-25(20-26)30-33-29(24-18-16-22(17-19-24)21-8-2-1-3-9-21)34-31(35-30)28-15-7-11-23-10-4-5-14-27(23)28/h1-20H. The van der Waals surface area contributed by atoms with Gasteiger partial charge in [-0.3, -0.25) is 0 Å². The number of fused-ring (bicyclic) bond motifs is 1. The lowest BCUT2D eigenvalue weighted by atomic mass is 10.0. The maximum absolute atomic E-state index is 6.29. The summed E-state index contributed by atoms with van der Waals surface area (Å²) in [6.07, 6.45) is 0. The molecule has 0 radical (unpaired) electrons. The van der Waals surface area contributed by atoms with Crippen molar-refractivity contribution in [2.45, 2.75) is 0 Å². The largest absolute Gasteiger partial charge is 0.208 e. The van der Waals surface area contributed by atoms with Crippen molar-refractivity contribution >= 4 is 22.4 Å². The molecule has 35 heavy (non-hydrogen) atoms. The Morgan fingerprint density at radius 2 is 1.00 bits per heavy atom. The van der Waals surface area contributed by atoms with Gasteiger partial charge in [0.05, 0.1) is 0 Å². The molecule has 0 atom stereocenters. The first-order valence-corrected chi connectivity index (χ1v) is 11.8. The molecule has 0 aliphatic rings. The van der Waals surface area contributed by atoms with Gasteiger partial charge < -0.3 is 0 Å². The molecule has 1 heterocycles. The van der Waals surface area contributed by atoms with Crippen LogP contribution in [-0.2, 0) is 0 Å². The van der Waals surface area contributed by atoms with Gasteiger partial charge in [0.2, 0.25) is 0 Å². The van der Waals surface area contributed by atoms with Crippen LogP contribution in [0.15, 0.2) is 121 Å². The molecule has 166 valence electrons. The number of halogens is 1. The van der Waals surface area contributed by atoms with Crippen LogP contribution in [0.2, 0.25) is 5.02 Å². The van der Waals surface area contributed by atoms with E-state index < -0.39 is 0 Å². The summed E-state index contributed by atoms with van der Waals surface area (Å²) < 4.78 is 0. The first kappa shape index (κ1) is 21.2. The molecule has 0 amide bonds. The van der Waals surface area contributed by atoms with E-state index in [1.54, 1.807) is 0 Å². The van der Waals surface area contributed by atoms with Crippen LogP contribution < -0.4 is 0 Å². The maximum atomic E-state index is 6.29. The summed E-state index contributed by atoms with van der Waals surface area (Å²) in [7, 11) is 0. The molecule has 0 N–H and O–H groups in total. The van der Waals surface area contributed by atoms with E-state index in [-0.39, 0.29) is 0 Å². The molecule has 0 saturated heterocycles. The second-order valence-corrected chi connectivity index (χ2v) is 8.72. The average Bonchev–Trinajstić information content (AvgIpc) is 2.93. The molecule has 0 bridgehead atoms. The number of hydrogen-bond donors (Lipinski definition) is 0. The highest BCUT2D eigenvalue weighted by atomic mass is 35.5. The third kappa shape index (κ3) is 4.30. The first-order chi connectivity index (χ1) is 17.2. The second-order valence-electron chi connectivity index (χ2n) is 8.29. The molecule has 0 spiro atoms. The molecule has 3 nitrogen and oxygen atoms in total. The van der Waals surface area contributed by atoms with E-state index in [9.17, 15) is 0 Å². The third-order valence-electron chi connectivity index (χ3n) is 6.00. The van der Waals surface area contributed by atoms with Crippen molar-refractivity contribution in [3.8, 4) is 45.3 Å². The smallest absolute Gasteiger partial charge is 0.164 e. The van der Waals surface area contributed by atoms with Crippen molar-refractivity contribution in [3.05, 3.63) is 126 Å². The average molecular weight is 470 g/mol. The predicted molar refractivity (Wildman–Crippen MR) is 144 cm³/mol. The highest BCUT2D eigenvalue weighted by Gasteiger charge is 2.14. The number of hydrogen-bond acceptors (Lipinski definition) is 3. The van der Waals surface area contributed by atoms with Crippen molar-refractivity contribution in [2.75, 3.05) is 0 Å². The van der Waals surface area contributed by atoms with Crippen LogP contribution in [-0.4, -0.2) is 15.0 Å². The van der Waals surface area contributed by atoms with Crippen molar-refractivity contribution < 1.29 is 0 Å². The summed E-state index contributed by atoms with van der Waals surface area (Å²) in [5, 5.41) is 2.88. The van der Waals surface area contributed by atoms with E-state index in [1.165, 1.54) is 5.56 Å². The van der Waals surface area contributed by atoms with Gasteiger partial charge in [0.25, 0.3) is 0 Å². The summed E-state index contributed by atoms with van der Waals surface area (Å²) in [5.74, 6) is 1.85. The summed E-state index contributed by atoms with van der Waals surface area (Å²) in [6.45, 7) is 0. The topological polar surface area (TPSA) is 38.7 Å². The van der Waals surface area contributed by atoms with Gasteiger partial charge in [-0.1, -0.05) is 121 Å². The van der Waals surface area contributed by atoms with E-state index >= 15 is 0 Å². The quantitative estimate of drug-likeness (QED) is 0.260. The maximum Gasteiger partial charge on any atom is 0.164 e. The molecular formula is C31H20ClN3. The summed E-state index contributed by atoms with van der Waals surface area (Å²) in [6, 6.07) is 40.7. The van der Waals surface area contributed by atoms with E-state index in [0.717, 1.165) is 33.0 Å². The third-order valence-corrected chi connectivity index (χ3v) is 6.23.